The van der Waals surface area contributed by atoms with Gasteiger partial charge < -0.3 is 30.3 Å². The van der Waals surface area contributed by atoms with Crippen molar-refractivity contribution in [2.75, 3.05) is 14.2 Å². The molecule has 4 aromatic rings. The van der Waals surface area contributed by atoms with Crippen LogP contribution in [0.1, 0.15) is 68.1 Å². The number of nitrogens with one attached hydrogen (secondary N) is 2. The van der Waals surface area contributed by atoms with Gasteiger partial charge >= 0.3 is 6.18 Å². The number of rotatable bonds is 11. The zero-order valence-corrected chi connectivity index (χ0v) is 29.5. The van der Waals surface area contributed by atoms with Crippen LogP contribution in [0, 0.1) is 0 Å². The van der Waals surface area contributed by atoms with Gasteiger partial charge in [-0.25, -0.2) is 4.98 Å². The lowest BCUT2D eigenvalue weighted by Gasteiger charge is -2.26. The van der Waals surface area contributed by atoms with Crippen LogP contribution in [-0.4, -0.2) is 58.7 Å². The maximum absolute atomic E-state index is 15.0. The van der Waals surface area contributed by atoms with E-state index in [9.17, 15) is 10.2 Å². The summed E-state index contributed by atoms with van der Waals surface area (Å²) >= 11 is 6.92. The highest BCUT2D eigenvalue weighted by atomic mass is 35.5. The van der Waals surface area contributed by atoms with Gasteiger partial charge in [0.05, 0.1) is 48.4 Å². The number of aromatic nitrogens is 2. The lowest BCUT2D eigenvalue weighted by atomic mass is 9.92. The first-order valence-electron chi connectivity index (χ1n) is 17.4. The summed E-state index contributed by atoms with van der Waals surface area (Å²) in [5, 5.41) is 26.7. The second-order valence-corrected chi connectivity index (χ2v) is 13.8. The van der Waals surface area contributed by atoms with Gasteiger partial charge in [0.25, 0.3) is 0 Å². The topological polar surface area (TPSA) is 109 Å². The molecule has 2 aliphatic carbocycles. The quantitative estimate of drug-likeness (QED) is 0.124. The zero-order valence-electron chi connectivity index (χ0n) is 28.8. The summed E-state index contributed by atoms with van der Waals surface area (Å²) in [5.74, 6) is 0.844. The maximum atomic E-state index is 15.0. The molecule has 2 heterocycles. The number of hydrogen-bond donors (Lipinski definition) is 4. The van der Waals surface area contributed by atoms with E-state index < -0.39 is 11.7 Å². The van der Waals surface area contributed by atoms with Crippen LogP contribution in [0.15, 0.2) is 60.8 Å². The maximum Gasteiger partial charge on any atom is 0.417 e. The third-order valence-corrected chi connectivity index (χ3v) is 10.4. The second kappa shape index (κ2) is 16.3. The Hall–Kier alpha value is -3.74. The lowest BCUT2D eigenvalue weighted by Crippen LogP contribution is -2.34. The van der Waals surface area contributed by atoms with Crippen molar-refractivity contribution in [1.82, 2.24) is 20.6 Å². The van der Waals surface area contributed by atoms with E-state index in [0.717, 1.165) is 62.5 Å². The number of alkyl halides is 3. The van der Waals surface area contributed by atoms with Gasteiger partial charge in [0.15, 0.2) is 0 Å². The predicted molar refractivity (Wildman–Crippen MR) is 192 cm³/mol. The Morgan fingerprint density at radius 3 is 1.98 bits per heavy atom. The lowest BCUT2D eigenvalue weighted by molar-refractivity contribution is -0.136. The first-order chi connectivity index (χ1) is 24.5. The van der Waals surface area contributed by atoms with Crippen molar-refractivity contribution >= 4 is 11.6 Å². The molecule has 0 aliphatic heterocycles. The minimum Gasteiger partial charge on any atom is -0.496 e. The van der Waals surface area contributed by atoms with Crippen molar-refractivity contribution in [3.63, 3.8) is 0 Å². The smallest absolute Gasteiger partial charge is 0.417 e. The second-order valence-electron chi connectivity index (χ2n) is 13.4. The third kappa shape index (κ3) is 8.67. The summed E-state index contributed by atoms with van der Waals surface area (Å²) in [6.07, 6.45) is 2.72. The molecule has 2 aliphatic rings. The molecule has 0 saturated heterocycles. The number of pyridine rings is 2. The number of halogens is 4. The van der Waals surface area contributed by atoms with Crippen LogP contribution < -0.4 is 20.1 Å². The van der Waals surface area contributed by atoms with Crippen LogP contribution in [0.2, 0.25) is 5.02 Å². The summed E-state index contributed by atoms with van der Waals surface area (Å²) in [7, 11) is 3.02. The highest BCUT2D eigenvalue weighted by Gasteiger charge is 2.38. The van der Waals surface area contributed by atoms with Crippen molar-refractivity contribution in [2.24, 2.45) is 0 Å². The molecular formula is C39H44ClF3N4O4. The molecule has 51 heavy (non-hydrogen) atoms. The Kier molecular flexibility index (Phi) is 11.8. The molecule has 0 atom stereocenters. The summed E-state index contributed by atoms with van der Waals surface area (Å²) < 4.78 is 56.4. The van der Waals surface area contributed by atoms with Crippen molar-refractivity contribution in [3.05, 3.63) is 82.5 Å². The molecular weight excluding hydrogens is 681 g/mol. The van der Waals surface area contributed by atoms with Crippen molar-refractivity contribution in [3.8, 4) is 45.3 Å². The van der Waals surface area contributed by atoms with Gasteiger partial charge in [-0.15, -0.1) is 0 Å². The van der Waals surface area contributed by atoms with Crippen LogP contribution in [0.4, 0.5) is 13.2 Å². The van der Waals surface area contributed by atoms with Crippen LogP contribution in [-0.2, 0) is 19.3 Å². The molecule has 0 radical (unpaired) electrons. The highest BCUT2D eigenvalue weighted by molar-refractivity contribution is 6.35. The number of nitrogens with zero attached hydrogens (tertiary/aromatic N) is 2. The number of aliphatic hydroxyl groups excluding tert-OH is 2. The van der Waals surface area contributed by atoms with E-state index in [4.69, 9.17) is 21.1 Å². The number of aliphatic hydroxyl groups is 2. The zero-order chi connectivity index (χ0) is 36.1. The van der Waals surface area contributed by atoms with E-state index in [1.54, 1.807) is 31.4 Å². The van der Waals surface area contributed by atoms with Crippen molar-refractivity contribution in [1.29, 1.82) is 0 Å². The Labute approximate surface area is 301 Å². The Morgan fingerprint density at radius 1 is 0.765 bits per heavy atom. The van der Waals surface area contributed by atoms with Gasteiger partial charge in [-0.1, -0.05) is 48.0 Å². The molecule has 4 N–H and O–H groups in total. The molecule has 2 saturated carbocycles. The van der Waals surface area contributed by atoms with Gasteiger partial charge in [-0.3, -0.25) is 4.98 Å². The Bertz CT molecular complexity index is 1810. The fraction of sp³-hybridized carbons (Fsp3) is 0.436. The van der Waals surface area contributed by atoms with Crippen molar-refractivity contribution in [2.45, 2.75) is 94.9 Å². The predicted octanol–water partition coefficient (Wildman–Crippen LogP) is 7.95. The van der Waals surface area contributed by atoms with Gasteiger partial charge in [0, 0.05) is 59.2 Å². The van der Waals surface area contributed by atoms with E-state index in [0.29, 0.717) is 36.1 Å². The summed E-state index contributed by atoms with van der Waals surface area (Å²) in [6.45, 7) is 1.00. The SMILES string of the molecule is COc1cc(-c2nccc(-c3cccc(-c4ccc(CNC5CCC(O)CC5)c(OC)n4)c3C(F)(F)F)c2Cl)ccc1CNC1CCC(O)CC1. The first-order valence-corrected chi connectivity index (χ1v) is 17.8. The number of benzene rings is 2. The van der Waals surface area contributed by atoms with E-state index in [2.05, 4.69) is 20.6 Å². The number of ether oxygens (including phenoxy) is 2. The van der Waals surface area contributed by atoms with Crippen molar-refractivity contribution < 1.29 is 32.9 Å². The molecule has 2 aromatic carbocycles. The first kappa shape index (κ1) is 37.0. The third-order valence-electron chi connectivity index (χ3n) is 10.1. The number of methoxy groups -OCH3 is 2. The summed E-state index contributed by atoms with van der Waals surface area (Å²) in [5.41, 5.74) is 1.84. The highest BCUT2D eigenvalue weighted by Crippen LogP contribution is 2.46. The molecule has 8 nitrogen and oxygen atoms in total. The summed E-state index contributed by atoms with van der Waals surface area (Å²) in [6, 6.07) is 15.3. The van der Waals surface area contributed by atoms with E-state index in [-0.39, 0.29) is 51.5 Å². The Morgan fingerprint density at radius 2 is 1.37 bits per heavy atom. The molecule has 0 unspecified atom stereocenters. The monoisotopic (exact) mass is 724 g/mol. The molecule has 0 bridgehead atoms. The molecule has 0 spiro atoms. The molecule has 2 aromatic heterocycles. The van der Waals surface area contributed by atoms with Crippen LogP contribution in [0.25, 0.3) is 33.6 Å². The van der Waals surface area contributed by atoms with Gasteiger partial charge in [0.2, 0.25) is 5.88 Å². The van der Waals surface area contributed by atoms with E-state index in [1.165, 1.54) is 31.5 Å². The van der Waals surface area contributed by atoms with Gasteiger partial charge in [-0.05, 0) is 75.1 Å². The molecule has 12 heteroatoms. The minimum atomic E-state index is -4.74. The van der Waals surface area contributed by atoms with Crippen LogP contribution >= 0.6 is 11.6 Å². The van der Waals surface area contributed by atoms with Crippen LogP contribution in [0.5, 0.6) is 11.6 Å². The normalized spacial score (nSPS) is 21.0. The molecule has 6 rings (SSSR count). The summed E-state index contributed by atoms with van der Waals surface area (Å²) in [4.78, 5) is 9.00. The van der Waals surface area contributed by atoms with Gasteiger partial charge in [0.1, 0.15) is 5.75 Å². The molecule has 0 amide bonds. The average Bonchev–Trinajstić information content (AvgIpc) is 3.13. The minimum absolute atomic E-state index is 0.0797. The Balaban J connectivity index is 1.29. The van der Waals surface area contributed by atoms with E-state index >= 15 is 13.2 Å². The van der Waals surface area contributed by atoms with Gasteiger partial charge in [-0.2, -0.15) is 13.2 Å². The fourth-order valence-corrected chi connectivity index (χ4v) is 7.51. The molecule has 2 fully saturated rings. The largest absolute Gasteiger partial charge is 0.496 e. The fourth-order valence-electron chi connectivity index (χ4n) is 7.19. The molecule has 272 valence electrons. The number of hydrogen-bond acceptors (Lipinski definition) is 8. The van der Waals surface area contributed by atoms with Crippen LogP contribution in [0.3, 0.4) is 0 Å². The standard InChI is InChI=1S/C39H44ClF3N4O4/c1-50-34-20-23(6-7-24(34)21-45-26-9-13-28(48)14-10-26)37-36(40)31(18-19-44-37)30-4-3-5-32(35(30)39(41,42)43)33-17-8-25(38(47-33)51-2)22-46-27-11-15-29(49)16-12-27/h3-8,17-20,26-29,45-46,48-49H,9-16,21-22H2,1-2H3. The van der Waals surface area contributed by atoms with E-state index in [1.807, 2.05) is 12.1 Å². The average molecular weight is 725 g/mol.